The standard InChI is InChI=1S/C18H19NO3/c1-13(2)12-17(20)22-16-10-8-15(9-11-16)19-18(21)14-6-4-3-5-7-14/h3-11,13H,12H2,1-2H3,(H,19,21). The van der Waals surface area contributed by atoms with Gasteiger partial charge in [-0.25, -0.2) is 0 Å². The van der Waals surface area contributed by atoms with Gasteiger partial charge in [0, 0.05) is 17.7 Å². The summed E-state index contributed by atoms with van der Waals surface area (Å²) in [6, 6.07) is 15.7. The molecule has 1 amide bonds. The predicted octanol–water partition coefficient (Wildman–Crippen LogP) is 3.89. The molecule has 4 heteroatoms. The zero-order valence-electron chi connectivity index (χ0n) is 12.7. The first-order valence-corrected chi connectivity index (χ1v) is 7.22. The molecular formula is C18H19NO3. The van der Waals surface area contributed by atoms with Crippen molar-refractivity contribution in [3.8, 4) is 5.75 Å². The Bertz CT molecular complexity index is 633. The third kappa shape index (κ3) is 4.74. The van der Waals surface area contributed by atoms with E-state index in [0.29, 0.717) is 23.4 Å². The number of hydrogen-bond acceptors (Lipinski definition) is 3. The summed E-state index contributed by atoms with van der Waals surface area (Å²) in [6.45, 7) is 3.92. The number of anilines is 1. The number of ether oxygens (including phenoxy) is 1. The van der Waals surface area contributed by atoms with E-state index in [2.05, 4.69) is 5.32 Å². The molecule has 0 aromatic heterocycles. The summed E-state index contributed by atoms with van der Waals surface area (Å²) in [5, 5.41) is 2.79. The number of esters is 1. The van der Waals surface area contributed by atoms with Crippen LogP contribution in [0.1, 0.15) is 30.6 Å². The predicted molar refractivity (Wildman–Crippen MR) is 85.9 cm³/mol. The van der Waals surface area contributed by atoms with E-state index >= 15 is 0 Å². The van der Waals surface area contributed by atoms with Gasteiger partial charge >= 0.3 is 5.97 Å². The third-order valence-corrected chi connectivity index (χ3v) is 2.95. The SMILES string of the molecule is CC(C)CC(=O)Oc1ccc(NC(=O)c2ccccc2)cc1. The molecular weight excluding hydrogens is 278 g/mol. The monoisotopic (exact) mass is 297 g/mol. The Morgan fingerprint density at radius 3 is 2.23 bits per heavy atom. The maximum absolute atomic E-state index is 12.0. The first kappa shape index (κ1) is 15.8. The molecule has 0 unspecified atom stereocenters. The molecule has 0 aliphatic rings. The number of nitrogens with one attached hydrogen (secondary N) is 1. The van der Waals surface area contributed by atoms with Crippen LogP contribution in [-0.2, 0) is 4.79 Å². The minimum atomic E-state index is -0.254. The molecule has 1 N–H and O–H groups in total. The van der Waals surface area contributed by atoms with Crippen LogP contribution in [0.3, 0.4) is 0 Å². The average Bonchev–Trinajstić information content (AvgIpc) is 2.49. The zero-order valence-corrected chi connectivity index (χ0v) is 12.7. The van der Waals surface area contributed by atoms with Gasteiger partial charge in [-0.3, -0.25) is 9.59 Å². The molecule has 2 rings (SSSR count). The summed E-state index contributed by atoms with van der Waals surface area (Å²) >= 11 is 0. The first-order valence-electron chi connectivity index (χ1n) is 7.22. The third-order valence-electron chi connectivity index (χ3n) is 2.95. The number of amides is 1. The second-order valence-electron chi connectivity index (χ2n) is 5.42. The number of hydrogen-bond donors (Lipinski definition) is 1. The van der Waals surface area contributed by atoms with Crippen LogP contribution in [0.15, 0.2) is 54.6 Å². The Balaban J connectivity index is 1.95. The molecule has 114 valence electrons. The maximum atomic E-state index is 12.0. The van der Waals surface area contributed by atoms with E-state index in [-0.39, 0.29) is 17.8 Å². The Hall–Kier alpha value is -2.62. The van der Waals surface area contributed by atoms with Gasteiger partial charge in [0.05, 0.1) is 0 Å². The summed E-state index contributed by atoms with van der Waals surface area (Å²) < 4.78 is 5.22. The fourth-order valence-electron chi connectivity index (χ4n) is 1.91. The van der Waals surface area contributed by atoms with Gasteiger partial charge in [-0.2, -0.15) is 0 Å². The summed E-state index contributed by atoms with van der Waals surface area (Å²) in [5.74, 6) is 0.307. The lowest BCUT2D eigenvalue weighted by molar-refractivity contribution is -0.135. The summed E-state index contributed by atoms with van der Waals surface area (Å²) in [4.78, 5) is 23.6. The molecule has 0 saturated heterocycles. The summed E-state index contributed by atoms with van der Waals surface area (Å²) in [7, 11) is 0. The molecule has 22 heavy (non-hydrogen) atoms. The minimum Gasteiger partial charge on any atom is -0.427 e. The lowest BCUT2D eigenvalue weighted by atomic mass is 10.1. The Kier molecular flexibility index (Phi) is 5.31. The van der Waals surface area contributed by atoms with E-state index in [1.165, 1.54) is 0 Å². The van der Waals surface area contributed by atoms with Crippen molar-refractivity contribution in [1.29, 1.82) is 0 Å². The van der Waals surface area contributed by atoms with Gasteiger partial charge in [0.15, 0.2) is 0 Å². The van der Waals surface area contributed by atoms with Crippen LogP contribution >= 0.6 is 0 Å². The van der Waals surface area contributed by atoms with Gasteiger partial charge in [-0.15, -0.1) is 0 Å². The van der Waals surface area contributed by atoms with Crippen molar-refractivity contribution in [3.63, 3.8) is 0 Å². The smallest absolute Gasteiger partial charge is 0.311 e. The lowest BCUT2D eigenvalue weighted by Crippen LogP contribution is -2.12. The van der Waals surface area contributed by atoms with Crippen molar-refractivity contribution in [3.05, 3.63) is 60.2 Å². The highest BCUT2D eigenvalue weighted by Gasteiger charge is 2.08. The Morgan fingerprint density at radius 2 is 1.64 bits per heavy atom. The molecule has 0 bridgehead atoms. The fraction of sp³-hybridized carbons (Fsp3) is 0.222. The van der Waals surface area contributed by atoms with Crippen molar-refractivity contribution in [1.82, 2.24) is 0 Å². The molecule has 0 fully saturated rings. The van der Waals surface area contributed by atoms with Crippen LogP contribution in [0.4, 0.5) is 5.69 Å². The topological polar surface area (TPSA) is 55.4 Å². The van der Waals surface area contributed by atoms with E-state index in [0.717, 1.165) is 0 Å². The molecule has 0 spiro atoms. The van der Waals surface area contributed by atoms with Gasteiger partial charge in [-0.1, -0.05) is 32.0 Å². The van der Waals surface area contributed by atoms with Crippen LogP contribution in [0, 0.1) is 5.92 Å². The highest BCUT2D eigenvalue weighted by molar-refractivity contribution is 6.04. The first-order chi connectivity index (χ1) is 10.5. The summed E-state index contributed by atoms with van der Waals surface area (Å²) in [6.07, 6.45) is 0.381. The van der Waals surface area contributed by atoms with Gasteiger partial charge in [0.25, 0.3) is 5.91 Å². The molecule has 0 heterocycles. The molecule has 0 aliphatic heterocycles. The van der Waals surface area contributed by atoms with Crippen molar-refractivity contribution in [2.45, 2.75) is 20.3 Å². The second-order valence-corrected chi connectivity index (χ2v) is 5.42. The lowest BCUT2D eigenvalue weighted by Gasteiger charge is -2.08. The molecule has 2 aromatic carbocycles. The molecule has 2 aromatic rings. The molecule has 4 nitrogen and oxygen atoms in total. The zero-order chi connectivity index (χ0) is 15.9. The maximum Gasteiger partial charge on any atom is 0.311 e. The van der Waals surface area contributed by atoms with Gasteiger partial charge in [0.1, 0.15) is 5.75 Å². The molecule has 0 atom stereocenters. The highest BCUT2D eigenvalue weighted by Crippen LogP contribution is 2.17. The van der Waals surface area contributed by atoms with E-state index in [9.17, 15) is 9.59 Å². The van der Waals surface area contributed by atoms with E-state index in [1.54, 1.807) is 36.4 Å². The van der Waals surface area contributed by atoms with Crippen molar-refractivity contribution >= 4 is 17.6 Å². The van der Waals surface area contributed by atoms with Crippen molar-refractivity contribution in [2.24, 2.45) is 5.92 Å². The van der Waals surface area contributed by atoms with Crippen LogP contribution in [0.5, 0.6) is 5.75 Å². The van der Waals surface area contributed by atoms with Crippen LogP contribution in [-0.4, -0.2) is 11.9 Å². The highest BCUT2D eigenvalue weighted by atomic mass is 16.5. The quantitative estimate of drug-likeness (QED) is 0.673. The van der Waals surface area contributed by atoms with Gasteiger partial charge in [-0.05, 0) is 42.3 Å². The number of rotatable bonds is 5. The van der Waals surface area contributed by atoms with E-state index < -0.39 is 0 Å². The van der Waals surface area contributed by atoms with Crippen LogP contribution in [0.25, 0.3) is 0 Å². The van der Waals surface area contributed by atoms with E-state index in [1.807, 2.05) is 32.0 Å². The van der Waals surface area contributed by atoms with E-state index in [4.69, 9.17) is 4.74 Å². The molecule has 0 radical (unpaired) electrons. The average molecular weight is 297 g/mol. The summed E-state index contributed by atoms with van der Waals surface area (Å²) in [5.41, 5.74) is 1.24. The van der Waals surface area contributed by atoms with Crippen molar-refractivity contribution < 1.29 is 14.3 Å². The largest absolute Gasteiger partial charge is 0.427 e. The molecule has 0 saturated carbocycles. The molecule has 0 aliphatic carbocycles. The van der Waals surface area contributed by atoms with Crippen molar-refractivity contribution in [2.75, 3.05) is 5.32 Å². The number of benzene rings is 2. The number of carbonyl (C=O) groups is 2. The van der Waals surface area contributed by atoms with Crippen LogP contribution in [0.2, 0.25) is 0 Å². The number of carbonyl (C=O) groups excluding carboxylic acids is 2. The van der Waals surface area contributed by atoms with Gasteiger partial charge in [0.2, 0.25) is 0 Å². The van der Waals surface area contributed by atoms with Gasteiger partial charge < -0.3 is 10.1 Å². The second kappa shape index (κ2) is 7.41. The minimum absolute atomic E-state index is 0.176. The normalized spacial score (nSPS) is 10.3. The Labute approximate surface area is 130 Å². The van der Waals surface area contributed by atoms with Crippen LogP contribution < -0.4 is 10.1 Å². The Morgan fingerprint density at radius 1 is 1.00 bits per heavy atom. The fourth-order valence-corrected chi connectivity index (χ4v) is 1.91.